The van der Waals surface area contributed by atoms with Gasteiger partial charge in [0.2, 0.25) is 0 Å². The number of aliphatic hydroxyl groups excluding tert-OH is 2. The van der Waals surface area contributed by atoms with E-state index in [4.69, 9.17) is 29.2 Å². The molecular weight excluding hydrogens is 518 g/mol. The minimum absolute atomic E-state index is 0. The Hall–Kier alpha value is -0.280. The van der Waals surface area contributed by atoms with Gasteiger partial charge in [-0.05, 0) is 85.5 Å². The van der Waals surface area contributed by atoms with Crippen molar-refractivity contribution in [3.05, 3.63) is 0 Å². The largest absolute Gasteiger partial charge is 0.393 e. The van der Waals surface area contributed by atoms with E-state index in [1.807, 2.05) is 0 Å². The van der Waals surface area contributed by atoms with E-state index in [1.165, 1.54) is 25.7 Å². The molecule has 0 radical (unpaired) electrons. The van der Waals surface area contributed by atoms with Gasteiger partial charge in [0.15, 0.2) is 6.29 Å². The van der Waals surface area contributed by atoms with E-state index in [2.05, 4.69) is 88.4 Å². The maximum Gasteiger partial charge on any atom is 0.167 e. The molecule has 0 aromatic rings. The van der Waals surface area contributed by atoms with Crippen LogP contribution >= 0.6 is 0 Å². The zero-order chi connectivity index (χ0) is 30.5. The number of nitrogens with one attached hydrogen (secondary N) is 1. The van der Waals surface area contributed by atoms with Crippen molar-refractivity contribution in [2.24, 2.45) is 11.8 Å². The van der Waals surface area contributed by atoms with Crippen LogP contribution in [0.4, 0.5) is 0 Å². The Bertz CT molecular complexity index is 469. The van der Waals surface area contributed by atoms with Crippen LogP contribution in [0.1, 0.15) is 143 Å². The highest BCUT2D eigenvalue weighted by Crippen LogP contribution is 2.25. The van der Waals surface area contributed by atoms with Crippen LogP contribution in [-0.4, -0.2) is 78.9 Å². The topological polar surface area (TPSA) is 89.4 Å². The van der Waals surface area contributed by atoms with Gasteiger partial charge in [-0.25, -0.2) is 0 Å². The van der Waals surface area contributed by atoms with Crippen molar-refractivity contribution in [3.8, 4) is 0 Å². The molecule has 2 atom stereocenters. The lowest BCUT2D eigenvalue weighted by Crippen LogP contribution is -2.38. The van der Waals surface area contributed by atoms with Gasteiger partial charge in [0.1, 0.15) is 0 Å². The molecule has 3 N–H and O–H groups in total. The van der Waals surface area contributed by atoms with Crippen molar-refractivity contribution < 1.29 is 29.2 Å². The van der Waals surface area contributed by atoms with Crippen LogP contribution in [0.3, 0.4) is 0 Å². The fourth-order valence-electron chi connectivity index (χ4n) is 3.24. The van der Waals surface area contributed by atoms with Gasteiger partial charge < -0.3 is 34.5 Å². The van der Waals surface area contributed by atoms with Crippen molar-refractivity contribution in [3.63, 3.8) is 0 Å². The summed E-state index contributed by atoms with van der Waals surface area (Å²) in [4.78, 5) is 0. The van der Waals surface area contributed by atoms with Gasteiger partial charge in [0.05, 0.1) is 42.7 Å². The third kappa shape index (κ3) is 46.9. The number of ether oxygens (including phenoxy) is 4. The van der Waals surface area contributed by atoms with E-state index in [9.17, 15) is 0 Å². The number of rotatable bonds is 2. The summed E-state index contributed by atoms with van der Waals surface area (Å²) in [6.07, 6.45) is 8.81. The first-order chi connectivity index (χ1) is 17.9. The molecular formula is C34H77NO6. The zero-order valence-corrected chi connectivity index (χ0v) is 28.0. The summed E-state index contributed by atoms with van der Waals surface area (Å²) in [6, 6.07) is 0. The molecule has 7 nitrogen and oxygen atoms in total. The van der Waals surface area contributed by atoms with Gasteiger partial charge in [0, 0.05) is 19.7 Å². The minimum atomic E-state index is -0.575. The first kappa shape index (κ1) is 47.6. The van der Waals surface area contributed by atoms with Gasteiger partial charge in [-0.2, -0.15) is 0 Å². The number of hydrogen-bond donors (Lipinski definition) is 3. The minimum Gasteiger partial charge on any atom is -0.393 e. The summed E-state index contributed by atoms with van der Waals surface area (Å²) in [7, 11) is 0. The third-order valence-corrected chi connectivity index (χ3v) is 4.69. The van der Waals surface area contributed by atoms with Crippen LogP contribution < -0.4 is 5.32 Å². The summed E-state index contributed by atoms with van der Waals surface area (Å²) in [6.45, 7) is 29.3. The van der Waals surface area contributed by atoms with Gasteiger partial charge in [-0.1, -0.05) is 69.2 Å². The summed E-state index contributed by atoms with van der Waals surface area (Å²) in [5, 5.41) is 19.8. The van der Waals surface area contributed by atoms with Gasteiger partial charge in [-0.15, -0.1) is 0 Å². The van der Waals surface area contributed by atoms with E-state index in [1.54, 1.807) is 0 Å². The smallest absolute Gasteiger partial charge is 0.167 e. The number of aliphatic hydroxyl groups is 2. The molecule has 41 heavy (non-hydrogen) atoms. The monoisotopic (exact) mass is 596 g/mol. The summed E-state index contributed by atoms with van der Waals surface area (Å²) >= 11 is 0. The summed E-state index contributed by atoms with van der Waals surface area (Å²) in [5.41, 5.74) is 0.0490. The molecule has 2 unspecified atom stereocenters. The third-order valence-electron chi connectivity index (χ3n) is 4.69. The lowest BCUT2D eigenvalue weighted by Gasteiger charge is -2.24. The molecule has 2 saturated carbocycles. The second kappa shape index (κ2) is 27.3. The highest BCUT2D eigenvalue weighted by Gasteiger charge is 2.22. The maximum atomic E-state index is 8.62. The van der Waals surface area contributed by atoms with E-state index in [0.717, 1.165) is 50.9 Å². The molecule has 2 heterocycles. The number of morpholine rings is 1. The fourth-order valence-corrected chi connectivity index (χ4v) is 3.24. The molecule has 4 aliphatic rings. The molecule has 0 spiro atoms. The molecule has 0 aromatic heterocycles. The summed E-state index contributed by atoms with van der Waals surface area (Å²) < 4.78 is 21.4. The van der Waals surface area contributed by atoms with Crippen LogP contribution in [0, 0.1) is 11.8 Å². The Morgan fingerprint density at radius 3 is 1.34 bits per heavy atom. The second-order valence-electron chi connectivity index (χ2n) is 14.1. The van der Waals surface area contributed by atoms with Crippen LogP contribution in [0.15, 0.2) is 0 Å². The Balaban J connectivity index is -0.000000207. The Morgan fingerprint density at radius 2 is 1.10 bits per heavy atom. The molecule has 254 valence electrons. The Morgan fingerprint density at radius 1 is 0.683 bits per heavy atom. The molecule has 2 aliphatic heterocycles. The van der Waals surface area contributed by atoms with Crippen molar-refractivity contribution in [2.75, 3.05) is 32.9 Å². The number of β-amino-alcohol motifs (C(OH)–C–C–N with tert-alkyl or cyclic N) is 1. The second-order valence-corrected chi connectivity index (χ2v) is 14.1. The molecule has 0 amide bonds. The lowest BCUT2D eigenvalue weighted by molar-refractivity contribution is -0.112. The molecule has 7 heteroatoms. The quantitative estimate of drug-likeness (QED) is 0.298. The Kier molecular flexibility index (Phi) is 31.7. The van der Waals surface area contributed by atoms with Gasteiger partial charge in [0.25, 0.3) is 0 Å². The molecule has 4 rings (SSSR count). The van der Waals surface area contributed by atoms with Crippen LogP contribution in [0.25, 0.3) is 0 Å². The van der Waals surface area contributed by atoms with Crippen LogP contribution in [0.5, 0.6) is 0 Å². The average molecular weight is 596 g/mol. The predicted octanol–water partition coefficient (Wildman–Crippen LogP) is 8.00. The summed E-state index contributed by atoms with van der Waals surface area (Å²) in [5.74, 6) is 1.67. The fraction of sp³-hybridized carbons (Fsp3) is 1.00. The van der Waals surface area contributed by atoms with Crippen molar-refractivity contribution >= 4 is 0 Å². The van der Waals surface area contributed by atoms with E-state index in [0.29, 0.717) is 25.4 Å². The highest BCUT2D eigenvalue weighted by atomic mass is 16.6. The van der Waals surface area contributed by atoms with E-state index >= 15 is 0 Å². The van der Waals surface area contributed by atoms with Gasteiger partial charge >= 0.3 is 0 Å². The molecule has 2 saturated heterocycles. The van der Waals surface area contributed by atoms with E-state index < -0.39 is 6.29 Å². The first-order valence-corrected chi connectivity index (χ1v) is 15.5. The average Bonchev–Trinajstić information content (AvgIpc) is 3.17. The van der Waals surface area contributed by atoms with Gasteiger partial charge in [-0.3, -0.25) is 0 Å². The van der Waals surface area contributed by atoms with Crippen molar-refractivity contribution in [1.82, 2.24) is 5.32 Å². The van der Waals surface area contributed by atoms with Crippen LogP contribution in [-0.2, 0) is 18.9 Å². The SMILES string of the molecule is C.C.CC(C)(C)OC1CCCC1.CC(C)(C)OC1CCOC1.CC(C)C.CC(C)C.OC1CC1.OC1CNCCO1. The highest BCUT2D eigenvalue weighted by molar-refractivity contribution is 4.71. The normalized spacial score (nSPS) is 22.0. The molecule has 0 bridgehead atoms. The Labute approximate surface area is 257 Å². The van der Waals surface area contributed by atoms with Crippen molar-refractivity contribution in [2.45, 2.75) is 179 Å². The lowest BCUT2D eigenvalue weighted by atomic mass is 10.2. The zero-order valence-electron chi connectivity index (χ0n) is 28.0. The first-order valence-electron chi connectivity index (χ1n) is 15.5. The van der Waals surface area contributed by atoms with Crippen molar-refractivity contribution in [1.29, 1.82) is 0 Å². The predicted molar refractivity (Wildman–Crippen MR) is 178 cm³/mol. The number of hydrogen-bond acceptors (Lipinski definition) is 7. The standard InChI is InChI=1S/C9H18O.C8H16O2.C4H9NO2.2C4H10.C3H6O.2CH4/c1-9(2,3)10-8-6-4-5-7-8;1-8(2,3)10-7-4-5-9-6-7;6-4-3-5-1-2-7-4;2*1-4(2)3;4-3-1-2-3;;/h8H,4-7H2,1-3H3;7H,4-6H2,1-3H3;4-6H,1-3H2;2*4H,1-3H3;3-4H,1-2H2;2*1H4. The molecule has 0 aromatic carbocycles. The molecule has 4 fully saturated rings. The van der Waals surface area contributed by atoms with E-state index in [-0.39, 0.29) is 32.2 Å². The maximum absolute atomic E-state index is 8.62. The van der Waals surface area contributed by atoms with Crippen LogP contribution in [0.2, 0.25) is 0 Å². The molecule has 2 aliphatic carbocycles.